The normalized spacial score (nSPS) is 10.8. The van der Waals surface area contributed by atoms with Gasteiger partial charge in [0.05, 0.1) is 19.9 Å². The Kier molecular flexibility index (Phi) is 6.20. The van der Waals surface area contributed by atoms with E-state index in [4.69, 9.17) is 13.9 Å². The molecular formula is C21H20N4O3S2. The van der Waals surface area contributed by atoms with Crippen LogP contribution in [0.25, 0.3) is 11.5 Å². The van der Waals surface area contributed by atoms with Crippen molar-refractivity contribution in [2.75, 3.05) is 19.5 Å². The number of aryl methyl sites for hydroxylation is 1. The Morgan fingerprint density at radius 1 is 1.07 bits per heavy atom. The van der Waals surface area contributed by atoms with Crippen LogP contribution in [-0.2, 0) is 5.75 Å². The molecule has 0 aliphatic rings. The fourth-order valence-electron chi connectivity index (χ4n) is 2.71. The zero-order chi connectivity index (χ0) is 20.9. The molecule has 0 bridgehead atoms. The van der Waals surface area contributed by atoms with E-state index >= 15 is 0 Å². The Morgan fingerprint density at radius 2 is 1.83 bits per heavy atom. The first-order chi connectivity index (χ1) is 14.6. The maximum absolute atomic E-state index is 5.80. The molecule has 1 N–H and O–H groups in total. The second-order valence-corrected chi connectivity index (χ2v) is 8.13. The Hall–Kier alpha value is -3.04. The van der Waals surface area contributed by atoms with Crippen molar-refractivity contribution in [1.82, 2.24) is 15.2 Å². The van der Waals surface area contributed by atoms with Crippen molar-refractivity contribution in [2.24, 2.45) is 0 Å². The molecule has 2 aromatic heterocycles. The van der Waals surface area contributed by atoms with Crippen LogP contribution in [0, 0.1) is 6.92 Å². The third-order valence-corrected chi connectivity index (χ3v) is 5.95. The number of anilines is 2. The molecule has 0 aliphatic carbocycles. The van der Waals surface area contributed by atoms with Crippen molar-refractivity contribution in [3.8, 4) is 23.0 Å². The van der Waals surface area contributed by atoms with Crippen LogP contribution >= 0.6 is 23.1 Å². The summed E-state index contributed by atoms with van der Waals surface area (Å²) in [5, 5.41) is 15.0. The van der Waals surface area contributed by atoms with Gasteiger partial charge >= 0.3 is 0 Å². The van der Waals surface area contributed by atoms with E-state index in [2.05, 4.69) is 33.5 Å². The fourth-order valence-corrected chi connectivity index (χ4v) is 4.19. The van der Waals surface area contributed by atoms with Crippen LogP contribution in [0.5, 0.6) is 11.5 Å². The summed E-state index contributed by atoms with van der Waals surface area (Å²) in [4.78, 5) is 4.64. The van der Waals surface area contributed by atoms with Gasteiger partial charge in [-0.2, -0.15) is 0 Å². The van der Waals surface area contributed by atoms with Crippen molar-refractivity contribution in [3.63, 3.8) is 0 Å². The minimum Gasteiger partial charge on any atom is -0.497 e. The number of rotatable bonds is 8. The lowest BCUT2D eigenvalue weighted by Crippen LogP contribution is -1.92. The quantitative estimate of drug-likeness (QED) is 0.357. The van der Waals surface area contributed by atoms with Gasteiger partial charge < -0.3 is 19.2 Å². The van der Waals surface area contributed by atoms with Gasteiger partial charge in [-0.25, -0.2) is 4.98 Å². The van der Waals surface area contributed by atoms with Crippen molar-refractivity contribution in [3.05, 3.63) is 59.1 Å². The molecule has 4 aromatic rings. The molecule has 0 radical (unpaired) electrons. The molecule has 30 heavy (non-hydrogen) atoms. The Bertz CT molecular complexity index is 1120. The second-order valence-electron chi connectivity index (χ2n) is 6.35. The maximum Gasteiger partial charge on any atom is 0.277 e. The number of ether oxygens (including phenoxy) is 2. The van der Waals surface area contributed by atoms with Gasteiger partial charge in [-0.1, -0.05) is 30.0 Å². The number of hydrogen-bond acceptors (Lipinski definition) is 9. The first-order valence-corrected chi connectivity index (χ1v) is 11.0. The summed E-state index contributed by atoms with van der Waals surface area (Å²) >= 11 is 3.01. The smallest absolute Gasteiger partial charge is 0.277 e. The lowest BCUT2D eigenvalue weighted by Gasteiger charge is -2.05. The molecule has 0 unspecified atom stereocenters. The predicted molar refractivity (Wildman–Crippen MR) is 119 cm³/mol. The third kappa shape index (κ3) is 4.74. The van der Waals surface area contributed by atoms with Crippen molar-refractivity contribution >= 4 is 33.9 Å². The lowest BCUT2D eigenvalue weighted by molar-refractivity contribution is 0.394. The third-order valence-electron chi connectivity index (χ3n) is 4.29. The molecule has 0 amide bonds. The summed E-state index contributed by atoms with van der Waals surface area (Å²) in [7, 11) is 3.20. The number of hydrogen-bond donors (Lipinski definition) is 1. The van der Waals surface area contributed by atoms with Gasteiger partial charge in [0.1, 0.15) is 11.5 Å². The molecule has 9 heteroatoms. The van der Waals surface area contributed by atoms with E-state index in [1.165, 1.54) is 17.3 Å². The molecule has 0 atom stereocenters. The van der Waals surface area contributed by atoms with Crippen LogP contribution in [0.15, 0.2) is 57.5 Å². The van der Waals surface area contributed by atoms with Crippen molar-refractivity contribution in [1.29, 1.82) is 0 Å². The average molecular weight is 441 g/mol. The van der Waals surface area contributed by atoms with Gasteiger partial charge in [0.15, 0.2) is 5.13 Å². The molecule has 2 heterocycles. The number of methoxy groups -OCH3 is 2. The highest BCUT2D eigenvalue weighted by atomic mass is 32.2. The van der Waals surface area contributed by atoms with Gasteiger partial charge in [0.2, 0.25) is 5.89 Å². The molecule has 0 saturated carbocycles. The van der Waals surface area contributed by atoms with Crippen LogP contribution in [-0.4, -0.2) is 29.4 Å². The topological polar surface area (TPSA) is 82.3 Å². The summed E-state index contributed by atoms with van der Waals surface area (Å²) < 4.78 is 16.4. The van der Waals surface area contributed by atoms with Crippen LogP contribution in [0.2, 0.25) is 0 Å². The molecule has 0 spiro atoms. The fraction of sp³-hybridized carbons (Fsp3) is 0.190. The van der Waals surface area contributed by atoms with E-state index in [-0.39, 0.29) is 0 Å². The SMILES string of the molecule is COc1cc(OC)cc(-c2nnc(SCc3csc(Nc4ccccc4C)n3)o2)c1. The lowest BCUT2D eigenvalue weighted by atomic mass is 10.2. The Labute approximate surface area is 182 Å². The number of aromatic nitrogens is 3. The van der Waals surface area contributed by atoms with Crippen LogP contribution < -0.4 is 14.8 Å². The molecule has 0 fully saturated rings. The minimum atomic E-state index is 0.412. The van der Waals surface area contributed by atoms with Gasteiger partial charge in [-0.3, -0.25) is 0 Å². The largest absolute Gasteiger partial charge is 0.497 e. The molecule has 0 saturated heterocycles. The van der Waals surface area contributed by atoms with Gasteiger partial charge in [0, 0.05) is 28.5 Å². The van der Waals surface area contributed by atoms with Crippen molar-refractivity contribution in [2.45, 2.75) is 17.9 Å². The summed E-state index contributed by atoms with van der Waals surface area (Å²) in [6, 6.07) is 13.6. The standard InChI is InChI=1S/C21H20N4O3S2/c1-13-6-4-5-7-18(13)23-20-22-15(11-29-20)12-30-21-25-24-19(28-21)14-8-16(26-2)10-17(9-14)27-3/h4-11H,12H2,1-3H3,(H,22,23). The second kappa shape index (κ2) is 9.19. The van der Waals surface area contributed by atoms with Crippen molar-refractivity contribution < 1.29 is 13.9 Å². The molecule has 4 rings (SSSR count). The number of thiazole rings is 1. The Morgan fingerprint density at radius 3 is 2.57 bits per heavy atom. The number of para-hydroxylation sites is 1. The van der Waals surface area contributed by atoms with E-state index in [0.717, 1.165) is 22.1 Å². The van der Waals surface area contributed by atoms with Crippen LogP contribution in [0.3, 0.4) is 0 Å². The van der Waals surface area contributed by atoms with E-state index in [1.54, 1.807) is 31.6 Å². The van der Waals surface area contributed by atoms with Gasteiger partial charge in [-0.05, 0) is 30.7 Å². The molecular weight excluding hydrogens is 420 g/mol. The summed E-state index contributed by atoms with van der Waals surface area (Å²) in [6.45, 7) is 2.07. The summed E-state index contributed by atoms with van der Waals surface area (Å²) in [6.07, 6.45) is 0. The summed E-state index contributed by atoms with van der Waals surface area (Å²) in [5.74, 6) is 2.37. The number of nitrogens with one attached hydrogen (secondary N) is 1. The summed E-state index contributed by atoms with van der Waals surface area (Å²) in [5.41, 5.74) is 3.92. The van der Waals surface area contributed by atoms with E-state index in [0.29, 0.717) is 28.4 Å². The van der Waals surface area contributed by atoms with Crippen LogP contribution in [0.4, 0.5) is 10.8 Å². The molecule has 154 valence electrons. The van der Waals surface area contributed by atoms with Gasteiger partial charge in [-0.15, -0.1) is 21.5 Å². The first kappa shape index (κ1) is 20.2. The van der Waals surface area contributed by atoms with Crippen LogP contribution in [0.1, 0.15) is 11.3 Å². The monoisotopic (exact) mass is 440 g/mol. The van der Waals surface area contributed by atoms with E-state index < -0.39 is 0 Å². The molecule has 2 aromatic carbocycles. The minimum absolute atomic E-state index is 0.412. The first-order valence-electron chi connectivity index (χ1n) is 9.11. The van der Waals surface area contributed by atoms with E-state index in [9.17, 15) is 0 Å². The zero-order valence-electron chi connectivity index (χ0n) is 16.7. The molecule has 7 nitrogen and oxygen atoms in total. The van der Waals surface area contributed by atoms with E-state index in [1.807, 2.05) is 35.7 Å². The highest BCUT2D eigenvalue weighted by Gasteiger charge is 2.13. The highest BCUT2D eigenvalue weighted by Crippen LogP contribution is 2.32. The number of nitrogens with zero attached hydrogens (tertiary/aromatic N) is 3. The number of benzene rings is 2. The average Bonchev–Trinajstić information content (AvgIpc) is 3.43. The molecule has 0 aliphatic heterocycles. The maximum atomic E-state index is 5.80. The Balaban J connectivity index is 1.41. The van der Waals surface area contributed by atoms with Gasteiger partial charge in [0.25, 0.3) is 5.22 Å². The highest BCUT2D eigenvalue weighted by molar-refractivity contribution is 7.98. The predicted octanol–water partition coefficient (Wildman–Crippen LogP) is 5.55. The zero-order valence-corrected chi connectivity index (χ0v) is 18.3. The number of thioether (sulfide) groups is 1.